The lowest BCUT2D eigenvalue weighted by Gasteiger charge is -2.23. The molecule has 0 radical (unpaired) electrons. The van der Waals surface area contributed by atoms with E-state index in [2.05, 4.69) is 5.32 Å². The molecule has 2 N–H and O–H groups in total. The first-order valence-corrected chi connectivity index (χ1v) is 8.11. The van der Waals surface area contributed by atoms with Gasteiger partial charge in [0, 0.05) is 6.42 Å². The van der Waals surface area contributed by atoms with Crippen molar-refractivity contribution in [1.82, 2.24) is 5.32 Å². The molecule has 2 unspecified atom stereocenters. The Bertz CT molecular complexity index is 668. The number of carboxylic acids is 1. The highest BCUT2D eigenvalue weighted by atomic mass is 16.4. The third kappa shape index (κ3) is 4.69. The summed E-state index contributed by atoms with van der Waals surface area (Å²) in [5, 5.41) is 12.2. The van der Waals surface area contributed by atoms with Crippen molar-refractivity contribution in [3.05, 3.63) is 71.8 Å². The monoisotopic (exact) mass is 325 g/mol. The lowest BCUT2D eigenvalue weighted by atomic mass is 9.87. The van der Waals surface area contributed by atoms with E-state index in [4.69, 9.17) is 0 Å². The van der Waals surface area contributed by atoms with Gasteiger partial charge in [0.15, 0.2) is 0 Å². The Balaban J connectivity index is 2.15. The van der Waals surface area contributed by atoms with Crippen LogP contribution in [0.5, 0.6) is 0 Å². The number of carbonyl (C=O) groups is 2. The molecule has 0 aliphatic rings. The summed E-state index contributed by atoms with van der Waals surface area (Å²) in [5.74, 6) is -1.58. The molecule has 0 fully saturated rings. The molecule has 0 heterocycles. The van der Waals surface area contributed by atoms with E-state index < -0.39 is 12.0 Å². The van der Waals surface area contributed by atoms with Crippen molar-refractivity contribution in [2.24, 2.45) is 5.92 Å². The van der Waals surface area contributed by atoms with Gasteiger partial charge in [0.05, 0.1) is 5.92 Å². The summed E-state index contributed by atoms with van der Waals surface area (Å²) in [5.41, 5.74) is 1.78. The molecule has 0 aliphatic carbocycles. The second kappa shape index (κ2) is 8.29. The topological polar surface area (TPSA) is 66.4 Å². The van der Waals surface area contributed by atoms with Crippen molar-refractivity contribution < 1.29 is 14.7 Å². The van der Waals surface area contributed by atoms with Crippen LogP contribution >= 0.6 is 0 Å². The van der Waals surface area contributed by atoms with E-state index in [-0.39, 0.29) is 24.2 Å². The SMILES string of the molecule is CC(C)C(C(=O)NC(Cc1ccccc1)C(=O)O)c1ccccc1. The van der Waals surface area contributed by atoms with E-state index in [0.29, 0.717) is 0 Å². The minimum atomic E-state index is -1.03. The van der Waals surface area contributed by atoms with Crippen molar-refractivity contribution in [1.29, 1.82) is 0 Å². The quantitative estimate of drug-likeness (QED) is 0.821. The van der Waals surface area contributed by atoms with E-state index in [0.717, 1.165) is 11.1 Å². The standard InChI is InChI=1S/C20H23NO3/c1-14(2)18(16-11-7-4-8-12-16)19(22)21-17(20(23)24)13-15-9-5-3-6-10-15/h3-12,14,17-18H,13H2,1-2H3,(H,21,22)(H,23,24). The maximum absolute atomic E-state index is 12.7. The fourth-order valence-electron chi connectivity index (χ4n) is 2.81. The Morgan fingerprint density at radius 3 is 2.00 bits per heavy atom. The van der Waals surface area contributed by atoms with Gasteiger partial charge < -0.3 is 10.4 Å². The molecule has 2 aromatic carbocycles. The predicted molar refractivity (Wildman–Crippen MR) is 93.7 cm³/mol. The Labute approximate surface area is 142 Å². The van der Waals surface area contributed by atoms with Gasteiger partial charge in [-0.05, 0) is 17.0 Å². The summed E-state index contributed by atoms with van der Waals surface area (Å²) in [6.45, 7) is 3.93. The van der Waals surface area contributed by atoms with Gasteiger partial charge in [0.25, 0.3) is 0 Å². The van der Waals surface area contributed by atoms with E-state index in [9.17, 15) is 14.7 Å². The van der Waals surface area contributed by atoms with Crippen molar-refractivity contribution in [2.45, 2.75) is 32.2 Å². The molecule has 2 aromatic rings. The number of rotatable bonds is 7. The number of hydrogen-bond donors (Lipinski definition) is 2. The van der Waals surface area contributed by atoms with Crippen LogP contribution in [0.25, 0.3) is 0 Å². The molecule has 0 spiro atoms. The van der Waals surface area contributed by atoms with Gasteiger partial charge in [0.1, 0.15) is 6.04 Å². The normalized spacial score (nSPS) is 13.3. The summed E-state index contributed by atoms with van der Waals surface area (Å²) in [6, 6.07) is 17.8. The fraction of sp³-hybridized carbons (Fsp3) is 0.300. The number of hydrogen-bond acceptors (Lipinski definition) is 2. The molecule has 2 rings (SSSR count). The first-order valence-electron chi connectivity index (χ1n) is 8.11. The number of carboxylic acid groups (broad SMARTS) is 1. The van der Waals surface area contributed by atoms with Crippen LogP contribution in [0.3, 0.4) is 0 Å². The van der Waals surface area contributed by atoms with Crippen molar-refractivity contribution in [2.75, 3.05) is 0 Å². The van der Waals surface area contributed by atoms with Gasteiger partial charge in [-0.3, -0.25) is 4.79 Å². The van der Waals surface area contributed by atoms with E-state index in [1.165, 1.54) is 0 Å². The van der Waals surface area contributed by atoms with E-state index in [1.54, 1.807) is 0 Å². The molecule has 1 amide bonds. The maximum atomic E-state index is 12.7. The Hall–Kier alpha value is -2.62. The van der Waals surface area contributed by atoms with E-state index >= 15 is 0 Å². The molecular formula is C20H23NO3. The second-order valence-corrected chi connectivity index (χ2v) is 6.22. The van der Waals surface area contributed by atoms with Crippen LogP contribution in [0.4, 0.5) is 0 Å². The molecule has 0 saturated heterocycles. The number of nitrogens with one attached hydrogen (secondary N) is 1. The Morgan fingerprint density at radius 2 is 1.50 bits per heavy atom. The van der Waals surface area contributed by atoms with Gasteiger partial charge >= 0.3 is 5.97 Å². The van der Waals surface area contributed by atoms with Gasteiger partial charge in [-0.1, -0.05) is 74.5 Å². The highest BCUT2D eigenvalue weighted by molar-refractivity contribution is 5.88. The summed E-state index contributed by atoms with van der Waals surface area (Å²) < 4.78 is 0. The molecule has 0 aromatic heterocycles. The minimum Gasteiger partial charge on any atom is -0.480 e. The van der Waals surface area contributed by atoms with Crippen LogP contribution in [0.2, 0.25) is 0 Å². The third-order valence-corrected chi connectivity index (χ3v) is 4.01. The zero-order valence-electron chi connectivity index (χ0n) is 14.0. The maximum Gasteiger partial charge on any atom is 0.326 e. The zero-order valence-corrected chi connectivity index (χ0v) is 14.0. The second-order valence-electron chi connectivity index (χ2n) is 6.22. The summed E-state index contributed by atoms with van der Waals surface area (Å²) in [4.78, 5) is 24.3. The molecule has 4 heteroatoms. The first-order chi connectivity index (χ1) is 11.5. The molecule has 0 bridgehead atoms. The summed E-state index contributed by atoms with van der Waals surface area (Å²) in [6.07, 6.45) is 0.265. The summed E-state index contributed by atoms with van der Waals surface area (Å²) >= 11 is 0. The average molecular weight is 325 g/mol. The van der Waals surface area contributed by atoms with Gasteiger partial charge in [0.2, 0.25) is 5.91 Å². The Morgan fingerprint density at radius 1 is 0.958 bits per heavy atom. The first kappa shape index (κ1) is 17.7. The third-order valence-electron chi connectivity index (χ3n) is 4.01. The fourth-order valence-corrected chi connectivity index (χ4v) is 2.81. The van der Waals surface area contributed by atoms with Crippen LogP contribution in [-0.2, 0) is 16.0 Å². The summed E-state index contributed by atoms with van der Waals surface area (Å²) in [7, 11) is 0. The van der Waals surface area contributed by atoms with Crippen LogP contribution in [-0.4, -0.2) is 23.0 Å². The average Bonchev–Trinajstić information content (AvgIpc) is 2.56. The molecule has 4 nitrogen and oxygen atoms in total. The van der Waals surface area contributed by atoms with Crippen LogP contribution in [0, 0.1) is 5.92 Å². The Kier molecular flexibility index (Phi) is 6.13. The van der Waals surface area contributed by atoms with Crippen molar-refractivity contribution in [3.8, 4) is 0 Å². The van der Waals surface area contributed by atoms with Gasteiger partial charge in [-0.15, -0.1) is 0 Å². The number of aliphatic carboxylic acids is 1. The van der Waals surface area contributed by atoms with Gasteiger partial charge in [-0.2, -0.15) is 0 Å². The molecule has 2 atom stereocenters. The number of carbonyl (C=O) groups excluding carboxylic acids is 1. The minimum absolute atomic E-state index is 0.0681. The van der Waals surface area contributed by atoms with Crippen molar-refractivity contribution in [3.63, 3.8) is 0 Å². The van der Waals surface area contributed by atoms with E-state index in [1.807, 2.05) is 74.5 Å². The highest BCUT2D eigenvalue weighted by Gasteiger charge is 2.28. The smallest absolute Gasteiger partial charge is 0.326 e. The molecular weight excluding hydrogens is 302 g/mol. The lowest BCUT2D eigenvalue weighted by Crippen LogP contribution is -2.45. The predicted octanol–water partition coefficient (Wildman–Crippen LogP) is 3.24. The lowest BCUT2D eigenvalue weighted by molar-refractivity contribution is -0.142. The molecule has 24 heavy (non-hydrogen) atoms. The largest absolute Gasteiger partial charge is 0.480 e. The zero-order chi connectivity index (χ0) is 17.5. The van der Waals surface area contributed by atoms with Crippen LogP contribution < -0.4 is 5.32 Å². The van der Waals surface area contributed by atoms with Crippen LogP contribution in [0.15, 0.2) is 60.7 Å². The highest BCUT2D eigenvalue weighted by Crippen LogP contribution is 2.24. The molecule has 126 valence electrons. The van der Waals surface area contributed by atoms with Gasteiger partial charge in [-0.25, -0.2) is 4.79 Å². The molecule has 0 aliphatic heterocycles. The van der Waals surface area contributed by atoms with Crippen LogP contribution in [0.1, 0.15) is 30.9 Å². The molecule has 0 saturated carbocycles. The van der Waals surface area contributed by atoms with Crippen molar-refractivity contribution >= 4 is 11.9 Å². The number of amides is 1. The number of benzene rings is 2.